The third-order valence-corrected chi connectivity index (χ3v) is 5.96. The van der Waals surface area contributed by atoms with E-state index in [4.69, 9.17) is 31.2 Å². The Morgan fingerprint density at radius 2 is 1.89 bits per heavy atom. The molecule has 0 fully saturated rings. The minimum absolute atomic E-state index is 0.159. The lowest BCUT2D eigenvalue weighted by Crippen LogP contribution is -2.24. The highest BCUT2D eigenvalue weighted by Crippen LogP contribution is 2.32. The summed E-state index contributed by atoms with van der Waals surface area (Å²) in [6, 6.07) is 15.4. The van der Waals surface area contributed by atoms with Crippen LogP contribution in [0.2, 0.25) is 0 Å². The predicted molar refractivity (Wildman–Crippen MR) is 132 cm³/mol. The number of hydrogen-bond donors (Lipinski definition) is 2. The summed E-state index contributed by atoms with van der Waals surface area (Å²) in [7, 11) is 3.05. The van der Waals surface area contributed by atoms with Gasteiger partial charge in [0.1, 0.15) is 11.5 Å². The zero-order chi connectivity index (χ0) is 24.5. The van der Waals surface area contributed by atoms with Crippen LogP contribution in [0.25, 0.3) is 16.6 Å². The Bertz CT molecular complexity index is 1580. The average Bonchev–Trinajstić information content (AvgIpc) is 3.35. The molecule has 0 saturated heterocycles. The van der Waals surface area contributed by atoms with Crippen LogP contribution in [-0.2, 0) is 6.54 Å². The Labute approximate surface area is 204 Å². The Hall–Kier alpha value is -4.31. The summed E-state index contributed by atoms with van der Waals surface area (Å²) < 4.78 is 22.9. The topological polar surface area (TPSA) is 104 Å². The summed E-state index contributed by atoms with van der Waals surface area (Å²) in [6.45, 7) is 0.497. The van der Waals surface area contributed by atoms with Crippen molar-refractivity contribution < 1.29 is 23.7 Å². The van der Waals surface area contributed by atoms with Gasteiger partial charge in [0.2, 0.25) is 6.79 Å². The Morgan fingerprint density at radius 1 is 1.06 bits per heavy atom. The standard InChI is InChI=1S/C25H21N3O6S/c1-31-16-5-8-20(32-2)19(11-16)28-24(30)17-6-4-15(10-18(17)27-25(28)35)23(29)26-12-14-3-7-21-22(9-14)34-13-33-21/h3-11H,12-13H2,1-2H3,(H,26,29)(H,27,35). The highest BCUT2D eigenvalue weighted by atomic mass is 32.1. The molecule has 0 unspecified atom stereocenters. The van der Waals surface area contributed by atoms with E-state index in [9.17, 15) is 9.59 Å². The number of H-pyrrole nitrogens is 1. The van der Waals surface area contributed by atoms with Gasteiger partial charge in [0.25, 0.3) is 11.5 Å². The third-order valence-electron chi connectivity index (χ3n) is 5.68. The van der Waals surface area contributed by atoms with E-state index in [0.717, 1.165) is 5.56 Å². The minimum Gasteiger partial charge on any atom is -0.497 e. The minimum atomic E-state index is -0.345. The first-order chi connectivity index (χ1) is 17.0. The largest absolute Gasteiger partial charge is 0.497 e. The van der Waals surface area contributed by atoms with Crippen molar-refractivity contribution in [3.63, 3.8) is 0 Å². The van der Waals surface area contributed by atoms with Gasteiger partial charge in [-0.25, -0.2) is 4.57 Å². The molecule has 3 aromatic carbocycles. The molecular weight excluding hydrogens is 470 g/mol. The molecule has 0 bridgehead atoms. The number of nitrogens with zero attached hydrogens (tertiary/aromatic N) is 1. The zero-order valence-electron chi connectivity index (χ0n) is 18.9. The van der Waals surface area contributed by atoms with E-state index in [0.29, 0.717) is 51.7 Å². The average molecular weight is 492 g/mol. The molecule has 1 aromatic heterocycles. The van der Waals surface area contributed by atoms with Crippen LogP contribution >= 0.6 is 12.2 Å². The van der Waals surface area contributed by atoms with Gasteiger partial charge < -0.3 is 29.2 Å². The van der Waals surface area contributed by atoms with Gasteiger partial charge in [0.15, 0.2) is 16.3 Å². The molecule has 0 radical (unpaired) electrons. The molecule has 2 N–H and O–H groups in total. The van der Waals surface area contributed by atoms with Crippen LogP contribution in [0.15, 0.2) is 59.4 Å². The second-order valence-electron chi connectivity index (χ2n) is 7.74. The van der Waals surface area contributed by atoms with E-state index < -0.39 is 0 Å². The SMILES string of the molecule is COc1ccc(OC)c(-n2c(=S)[nH]c3cc(C(=O)NCc4ccc5c(c4)OCO5)ccc3c2=O)c1. The molecule has 4 aromatic rings. The maximum atomic E-state index is 13.4. The highest BCUT2D eigenvalue weighted by Gasteiger charge is 2.16. The number of methoxy groups -OCH3 is 2. The first kappa shape index (κ1) is 22.5. The molecule has 1 aliphatic heterocycles. The number of hydrogen-bond acceptors (Lipinski definition) is 7. The van der Waals surface area contributed by atoms with E-state index in [1.807, 2.05) is 18.2 Å². The number of benzene rings is 3. The summed E-state index contributed by atoms with van der Waals surface area (Å²) in [4.78, 5) is 29.2. The van der Waals surface area contributed by atoms with Crippen molar-refractivity contribution in [2.24, 2.45) is 0 Å². The number of rotatable bonds is 6. The number of carbonyl (C=O) groups excluding carboxylic acids is 1. The number of fused-ring (bicyclic) bond motifs is 2. The lowest BCUT2D eigenvalue weighted by atomic mass is 10.1. The molecule has 2 heterocycles. The van der Waals surface area contributed by atoms with Crippen molar-refractivity contribution in [3.8, 4) is 28.7 Å². The number of carbonyl (C=O) groups is 1. The van der Waals surface area contributed by atoms with Crippen molar-refractivity contribution in [2.45, 2.75) is 6.54 Å². The number of amides is 1. The van der Waals surface area contributed by atoms with Gasteiger partial charge in [-0.15, -0.1) is 0 Å². The fraction of sp³-hybridized carbons (Fsp3) is 0.160. The predicted octanol–water partition coefficient (Wildman–Crippen LogP) is 3.72. The van der Waals surface area contributed by atoms with Gasteiger partial charge in [0, 0.05) is 18.2 Å². The molecular formula is C25H21N3O6S. The van der Waals surface area contributed by atoms with Crippen LogP contribution in [-0.4, -0.2) is 36.5 Å². The van der Waals surface area contributed by atoms with Crippen LogP contribution in [0, 0.1) is 4.77 Å². The zero-order valence-corrected chi connectivity index (χ0v) is 19.7. The van der Waals surface area contributed by atoms with Gasteiger partial charge in [-0.2, -0.15) is 0 Å². The fourth-order valence-corrected chi connectivity index (χ4v) is 4.18. The fourth-order valence-electron chi connectivity index (χ4n) is 3.88. The molecule has 35 heavy (non-hydrogen) atoms. The molecule has 0 saturated carbocycles. The quantitative estimate of drug-likeness (QED) is 0.396. The van der Waals surface area contributed by atoms with E-state index in [2.05, 4.69) is 10.3 Å². The molecule has 5 rings (SSSR count). The van der Waals surface area contributed by atoms with Gasteiger partial charge in [-0.3, -0.25) is 9.59 Å². The van der Waals surface area contributed by atoms with Gasteiger partial charge in [-0.05, 0) is 60.2 Å². The summed E-state index contributed by atoms with van der Waals surface area (Å²) in [5.74, 6) is 2.06. The molecule has 178 valence electrons. The number of nitrogens with one attached hydrogen (secondary N) is 2. The number of ether oxygens (including phenoxy) is 4. The maximum Gasteiger partial charge on any atom is 0.266 e. The molecule has 0 aliphatic carbocycles. The van der Waals surface area contributed by atoms with Crippen molar-refractivity contribution in [1.29, 1.82) is 0 Å². The molecule has 1 amide bonds. The van der Waals surface area contributed by atoms with Crippen LogP contribution in [0.5, 0.6) is 23.0 Å². The van der Waals surface area contributed by atoms with E-state index in [1.165, 1.54) is 18.8 Å². The lowest BCUT2D eigenvalue weighted by Gasteiger charge is -2.14. The second-order valence-corrected chi connectivity index (χ2v) is 8.13. The van der Waals surface area contributed by atoms with Crippen molar-refractivity contribution >= 4 is 29.0 Å². The molecule has 1 aliphatic rings. The monoisotopic (exact) mass is 491 g/mol. The van der Waals surface area contributed by atoms with Crippen molar-refractivity contribution in [1.82, 2.24) is 14.9 Å². The van der Waals surface area contributed by atoms with Gasteiger partial charge in [-0.1, -0.05) is 6.07 Å². The van der Waals surface area contributed by atoms with Crippen molar-refractivity contribution in [3.05, 3.63) is 80.8 Å². The molecule has 9 nitrogen and oxygen atoms in total. The summed E-state index contributed by atoms with van der Waals surface area (Å²) in [5.41, 5.74) is 1.82. The normalized spacial score (nSPS) is 11.9. The number of aromatic nitrogens is 2. The summed E-state index contributed by atoms with van der Waals surface area (Å²) >= 11 is 5.49. The van der Waals surface area contributed by atoms with E-state index in [-0.39, 0.29) is 23.0 Å². The van der Waals surface area contributed by atoms with E-state index in [1.54, 1.807) is 36.4 Å². The van der Waals surface area contributed by atoms with Crippen LogP contribution in [0.4, 0.5) is 0 Å². The van der Waals surface area contributed by atoms with Crippen LogP contribution < -0.4 is 29.8 Å². The Morgan fingerprint density at radius 3 is 2.69 bits per heavy atom. The van der Waals surface area contributed by atoms with Crippen LogP contribution in [0.3, 0.4) is 0 Å². The molecule has 0 spiro atoms. The smallest absolute Gasteiger partial charge is 0.266 e. The number of aromatic amines is 1. The van der Waals surface area contributed by atoms with Crippen molar-refractivity contribution in [2.75, 3.05) is 21.0 Å². The third kappa shape index (κ3) is 4.19. The first-order valence-electron chi connectivity index (χ1n) is 10.7. The second kappa shape index (κ2) is 9.15. The van der Waals surface area contributed by atoms with Gasteiger partial charge >= 0.3 is 0 Å². The Kier molecular flexibility index (Phi) is 5.87. The lowest BCUT2D eigenvalue weighted by molar-refractivity contribution is 0.0951. The molecule has 10 heteroatoms. The Balaban J connectivity index is 1.45. The summed E-state index contributed by atoms with van der Waals surface area (Å²) in [6.07, 6.45) is 0. The van der Waals surface area contributed by atoms with Crippen LogP contribution in [0.1, 0.15) is 15.9 Å². The van der Waals surface area contributed by atoms with Gasteiger partial charge in [0.05, 0.1) is 30.8 Å². The molecule has 0 atom stereocenters. The highest BCUT2D eigenvalue weighted by molar-refractivity contribution is 7.71. The maximum absolute atomic E-state index is 13.4. The van der Waals surface area contributed by atoms with E-state index >= 15 is 0 Å². The summed E-state index contributed by atoms with van der Waals surface area (Å²) in [5, 5.41) is 3.25. The first-order valence-corrected chi connectivity index (χ1v) is 11.1.